The van der Waals surface area contributed by atoms with Gasteiger partial charge in [0.25, 0.3) is 0 Å². The second kappa shape index (κ2) is 6.66. The Morgan fingerprint density at radius 3 is 2.85 bits per heavy atom. The molecule has 1 aliphatic heterocycles. The van der Waals surface area contributed by atoms with Crippen molar-refractivity contribution in [3.8, 4) is 0 Å². The largest absolute Gasteiger partial charge is 0.356 e. The van der Waals surface area contributed by atoms with Crippen LogP contribution in [-0.4, -0.2) is 49.3 Å². The normalized spacial score (nSPS) is 16.6. The van der Waals surface area contributed by atoms with E-state index in [4.69, 9.17) is 5.73 Å². The van der Waals surface area contributed by atoms with Crippen molar-refractivity contribution in [1.82, 2.24) is 30.0 Å². The van der Waals surface area contributed by atoms with Crippen molar-refractivity contribution >= 4 is 22.8 Å². The van der Waals surface area contributed by atoms with Gasteiger partial charge in [-0.2, -0.15) is 5.10 Å². The number of amides is 1. The Morgan fingerprint density at radius 1 is 1.37 bits per heavy atom. The maximum absolute atomic E-state index is 12.7. The molecule has 0 spiro atoms. The van der Waals surface area contributed by atoms with Crippen LogP contribution in [0.4, 0.5) is 5.82 Å². The highest BCUT2D eigenvalue weighted by Crippen LogP contribution is 2.28. The molecule has 0 aliphatic carbocycles. The molecule has 1 fully saturated rings. The number of piperidine rings is 1. The zero-order chi connectivity index (χ0) is 19.0. The molecule has 1 saturated heterocycles. The van der Waals surface area contributed by atoms with Crippen LogP contribution < -0.4 is 16.0 Å². The summed E-state index contributed by atoms with van der Waals surface area (Å²) in [7, 11) is 1.88. The monoisotopic (exact) mass is 368 g/mol. The summed E-state index contributed by atoms with van der Waals surface area (Å²) in [6.07, 6.45) is 4.54. The Balaban J connectivity index is 1.39. The van der Waals surface area contributed by atoms with E-state index in [1.165, 1.54) is 0 Å². The number of nitrogens with two attached hydrogens (primary N) is 1. The van der Waals surface area contributed by atoms with Crippen LogP contribution in [0, 0.1) is 6.92 Å². The summed E-state index contributed by atoms with van der Waals surface area (Å²) < 4.78 is 1.79. The minimum Gasteiger partial charge on any atom is -0.356 e. The molecular weight excluding hydrogens is 344 g/mol. The van der Waals surface area contributed by atoms with Gasteiger partial charge in [0.1, 0.15) is 17.8 Å². The Morgan fingerprint density at radius 2 is 2.15 bits per heavy atom. The molecule has 1 aliphatic rings. The Bertz CT molecular complexity index is 947. The Hall–Kier alpha value is -2.94. The van der Waals surface area contributed by atoms with Gasteiger partial charge in [-0.3, -0.25) is 9.48 Å². The van der Waals surface area contributed by atoms with Crippen LogP contribution in [-0.2, 0) is 18.4 Å². The number of carbonyl (C=O) groups is 1. The fraction of sp³-hybridized carbons (Fsp3) is 0.444. The molecule has 4 heterocycles. The van der Waals surface area contributed by atoms with Gasteiger partial charge >= 0.3 is 0 Å². The number of aryl methyl sites for hydroxylation is 2. The predicted octanol–water partition coefficient (Wildman–Crippen LogP) is 0.614. The minimum atomic E-state index is -0.870. The molecule has 4 N–H and O–H groups in total. The van der Waals surface area contributed by atoms with E-state index in [2.05, 4.69) is 30.3 Å². The number of aromatic amines is 1. The van der Waals surface area contributed by atoms with Crippen LogP contribution in [0.15, 0.2) is 24.7 Å². The second-order valence-electron chi connectivity index (χ2n) is 7.16. The van der Waals surface area contributed by atoms with Gasteiger partial charge in [0.2, 0.25) is 5.91 Å². The van der Waals surface area contributed by atoms with E-state index in [-0.39, 0.29) is 5.91 Å². The molecule has 0 saturated carbocycles. The van der Waals surface area contributed by atoms with E-state index in [1.807, 2.05) is 32.3 Å². The summed E-state index contributed by atoms with van der Waals surface area (Å²) in [5, 5.41) is 8.29. The fourth-order valence-corrected chi connectivity index (χ4v) is 3.52. The van der Waals surface area contributed by atoms with Crippen LogP contribution in [0.5, 0.6) is 0 Å². The van der Waals surface area contributed by atoms with Crippen molar-refractivity contribution in [2.24, 2.45) is 12.8 Å². The highest BCUT2D eigenvalue weighted by molar-refractivity contribution is 5.88. The third-order valence-corrected chi connectivity index (χ3v) is 5.33. The lowest BCUT2D eigenvalue weighted by Crippen LogP contribution is -2.59. The number of hydrogen-bond donors (Lipinski definition) is 3. The van der Waals surface area contributed by atoms with Gasteiger partial charge < -0.3 is 20.9 Å². The number of hydrogen-bond acceptors (Lipinski definition) is 6. The first-order chi connectivity index (χ1) is 13.0. The number of nitrogens with one attached hydrogen (secondary N) is 2. The molecule has 0 aromatic carbocycles. The maximum Gasteiger partial charge on any atom is 0.240 e. The summed E-state index contributed by atoms with van der Waals surface area (Å²) in [6, 6.07) is 3.93. The number of nitrogens with zero attached hydrogens (tertiary/aromatic N) is 5. The van der Waals surface area contributed by atoms with Gasteiger partial charge in [0.15, 0.2) is 0 Å². The van der Waals surface area contributed by atoms with Crippen LogP contribution in [0.25, 0.3) is 11.0 Å². The number of aromatic nitrogens is 5. The highest BCUT2D eigenvalue weighted by atomic mass is 16.2. The predicted molar refractivity (Wildman–Crippen MR) is 102 cm³/mol. The lowest BCUT2D eigenvalue weighted by atomic mass is 9.87. The third-order valence-electron chi connectivity index (χ3n) is 5.33. The topological polar surface area (TPSA) is 118 Å². The standard InChI is InChI=1S/C18H24N8O/c1-12-9-13(24-25(12)2)10-21-17(27)18(19)4-7-26(8-5-18)16-14-3-6-20-15(14)22-11-23-16/h3,6,9,11H,4-5,7-8,10,19H2,1-2H3,(H,21,27)(H,20,22,23). The number of fused-ring (bicyclic) bond motifs is 1. The Kier molecular flexibility index (Phi) is 4.31. The summed E-state index contributed by atoms with van der Waals surface area (Å²) in [5.41, 5.74) is 8.26. The fourth-order valence-electron chi connectivity index (χ4n) is 3.52. The molecule has 27 heavy (non-hydrogen) atoms. The molecule has 3 aromatic heterocycles. The first kappa shape index (κ1) is 17.5. The van der Waals surface area contributed by atoms with E-state index in [9.17, 15) is 4.79 Å². The van der Waals surface area contributed by atoms with Crippen molar-refractivity contribution in [1.29, 1.82) is 0 Å². The number of anilines is 1. The van der Waals surface area contributed by atoms with Crippen LogP contribution in [0.3, 0.4) is 0 Å². The van der Waals surface area contributed by atoms with Gasteiger partial charge in [0, 0.05) is 32.0 Å². The average Bonchev–Trinajstić information content (AvgIpc) is 3.26. The summed E-state index contributed by atoms with van der Waals surface area (Å²) >= 11 is 0. The summed E-state index contributed by atoms with van der Waals surface area (Å²) in [4.78, 5) is 26.6. The smallest absolute Gasteiger partial charge is 0.240 e. The van der Waals surface area contributed by atoms with Crippen molar-refractivity contribution in [3.05, 3.63) is 36.0 Å². The van der Waals surface area contributed by atoms with Crippen molar-refractivity contribution in [2.45, 2.75) is 31.8 Å². The van der Waals surface area contributed by atoms with Gasteiger partial charge in [0.05, 0.1) is 23.2 Å². The minimum absolute atomic E-state index is 0.125. The molecule has 0 radical (unpaired) electrons. The molecule has 9 nitrogen and oxygen atoms in total. The molecule has 142 valence electrons. The molecule has 0 bridgehead atoms. The number of rotatable bonds is 4. The Labute approximate surface area is 157 Å². The van der Waals surface area contributed by atoms with Crippen LogP contribution in [0.1, 0.15) is 24.2 Å². The molecule has 0 atom stereocenters. The molecule has 0 unspecified atom stereocenters. The molecule has 9 heteroatoms. The zero-order valence-corrected chi connectivity index (χ0v) is 15.6. The van der Waals surface area contributed by atoms with Crippen molar-refractivity contribution in [2.75, 3.05) is 18.0 Å². The van der Waals surface area contributed by atoms with Gasteiger partial charge in [-0.15, -0.1) is 0 Å². The first-order valence-electron chi connectivity index (χ1n) is 9.06. The van der Waals surface area contributed by atoms with Crippen LogP contribution >= 0.6 is 0 Å². The molecular formula is C18H24N8O. The van der Waals surface area contributed by atoms with Gasteiger partial charge in [-0.05, 0) is 31.9 Å². The molecule has 1 amide bonds. The SMILES string of the molecule is Cc1cc(CNC(=O)C2(N)CCN(c3ncnc4[nH]ccc34)CC2)nn1C. The van der Waals surface area contributed by atoms with E-state index in [1.54, 1.807) is 11.0 Å². The van der Waals surface area contributed by atoms with E-state index in [0.717, 1.165) is 28.2 Å². The summed E-state index contributed by atoms with van der Waals surface area (Å²) in [5.74, 6) is 0.757. The van der Waals surface area contributed by atoms with Gasteiger partial charge in [-0.25, -0.2) is 9.97 Å². The van der Waals surface area contributed by atoms with Gasteiger partial charge in [-0.1, -0.05) is 0 Å². The van der Waals surface area contributed by atoms with Crippen LogP contribution in [0.2, 0.25) is 0 Å². The van der Waals surface area contributed by atoms with Crippen molar-refractivity contribution < 1.29 is 4.79 Å². The molecule has 4 rings (SSSR count). The quantitative estimate of drug-likeness (QED) is 0.621. The molecule has 3 aromatic rings. The zero-order valence-electron chi connectivity index (χ0n) is 15.6. The van der Waals surface area contributed by atoms with E-state index in [0.29, 0.717) is 32.5 Å². The number of H-pyrrole nitrogens is 1. The maximum atomic E-state index is 12.7. The third kappa shape index (κ3) is 3.25. The second-order valence-corrected chi connectivity index (χ2v) is 7.16. The lowest BCUT2D eigenvalue weighted by molar-refractivity contribution is -0.127. The lowest BCUT2D eigenvalue weighted by Gasteiger charge is -2.38. The average molecular weight is 368 g/mol. The highest BCUT2D eigenvalue weighted by Gasteiger charge is 2.38. The summed E-state index contributed by atoms with van der Waals surface area (Å²) in [6.45, 7) is 3.71. The first-order valence-corrected chi connectivity index (χ1v) is 9.06. The van der Waals surface area contributed by atoms with E-state index >= 15 is 0 Å². The number of carbonyl (C=O) groups excluding carboxylic acids is 1. The van der Waals surface area contributed by atoms with Crippen molar-refractivity contribution in [3.63, 3.8) is 0 Å². The van der Waals surface area contributed by atoms with E-state index < -0.39 is 5.54 Å².